The second-order valence-corrected chi connectivity index (χ2v) is 9.68. The summed E-state index contributed by atoms with van der Waals surface area (Å²) in [5.41, 5.74) is 2.00. The first-order valence-corrected chi connectivity index (χ1v) is 11.6. The number of nitrogens with one attached hydrogen (secondary N) is 2. The predicted molar refractivity (Wildman–Crippen MR) is 129 cm³/mol. The molecule has 0 radical (unpaired) electrons. The third-order valence-electron chi connectivity index (χ3n) is 5.04. The third kappa shape index (κ3) is 9.04. The number of rotatable bonds is 10. The number of amides is 3. The van der Waals surface area contributed by atoms with Crippen molar-refractivity contribution in [2.45, 2.75) is 92.0 Å². The third-order valence-corrected chi connectivity index (χ3v) is 5.04. The van der Waals surface area contributed by atoms with Crippen LogP contribution in [0.3, 0.4) is 0 Å². The highest BCUT2D eigenvalue weighted by Crippen LogP contribution is 2.25. The van der Waals surface area contributed by atoms with E-state index in [0.29, 0.717) is 18.5 Å². The fraction of sp³-hybridized carbons (Fsp3) is 0.640. The van der Waals surface area contributed by atoms with E-state index >= 15 is 0 Å². The minimum atomic E-state index is -1.24. The van der Waals surface area contributed by atoms with E-state index in [9.17, 15) is 19.5 Å². The van der Waals surface area contributed by atoms with E-state index < -0.39 is 36.3 Å². The van der Waals surface area contributed by atoms with Crippen LogP contribution >= 0.6 is 0 Å². The first kappa shape index (κ1) is 28.4. The summed E-state index contributed by atoms with van der Waals surface area (Å²) < 4.78 is 5.24. The van der Waals surface area contributed by atoms with Gasteiger partial charge in [0.05, 0.1) is 6.61 Å². The Morgan fingerprint density at radius 1 is 1.09 bits per heavy atom. The number of carbonyl (C=O) groups excluding carboxylic acids is 3. The fourth-order valence-corrected chi connectivity index (χ4v) is 3.30. The topological polar surface area (TPSA) is 108 Å². The van der Waals surface area contributed by atoms with Crippen LogP contribution in [-0.2, 0) is 14.3 Å². The van der Waals surface area contributed by atoms with Crippen LogP contribution in [0.2, 0.25) is 0 Å². The Morgan fingerprint density at radius 3 is 2.21 bits per heavy atom. The molecule has 2 atom stereocenters. The molecule has 8 nitrogen and oxygen atoms in total. The Kier molecular flexibility index (Phi) is 10.8. The van der Waals surface area contributed by atoms with Gasteiger partial charge < -0.3 is 25.4 Å². The lowest BCUT2D eigenvalue weighted by atomic mass is 9.98. The fourth-order valence-electron chi connectivity index (χ4n) is 3.30. The Balaban J connectivity index is 3.39. The Labute approximate surface area is 198 Å². The quantitative estimate of drug-likeness (QED) is 0.493. The number of aliphatic hydroxyl groups is 1. The number of benzene rings is 1. The Bertz CT molecular complexity index is 817. The van der Waals surface area contributed by atoms with Crippen LogP contribution in [0.25, 0.3) is 0 Å². The molecular weight excluding hydrogens is 422 g/mol. The van der Waals surface area contributed by atoms with Gasteiger partial charge in [0.15, 0.2) is 0 Å². The Morgan fingerprint density at radius 2 is 1.73 bits per heavy atom. The van der Waals surface area contributed by atoms with Crippen molar-refractivity contribution >= 4 is 17.9 Å². The van der Waals surface area contributed by atoms with Crippen LogP contribution in [0.15, 0.2) is 18.2 Å². The Hall–Kier alpha value is -2.61. The predicted octanol–water partition coefficient (Wildman–Crippen LogP) is 3.38. The molecule has 0 aliphatic heterocycles. The highest BCUT2D eigenvalue weighted by molar-refractivity contribution is 5.92. The molecule has 1 aromatic rings. The van der Waals surface area contributed by atoms with Crippen LogP contribution < -0.4 is 10.6 Å². The molecule has 8 heteroatoms. The molecule has 1 rings (SSSR count). The summed E-state index contributed by atoms with van der Waals surface area (Å²) in [7, 11) is 0. The average Bonchev–Trinajstić information content (AvgIpc) is 2.69. The second kappa shape index (κ2) is 12.6. The summed E-state index contributed by atoms with van der Waals surface area (Å²) in [4.78, 5) is 40.6. The summed E-state index contributed by atoms with van der Waals surface area (Å²) >= 11 is 0. The van der Waals surface area contributed by atoms with E-state index in [2.05, 4.69) is 10.6 Å². The first-order chi connectivity index (χ1) is 15.3. The van der Waals surface area contributed by atoms with E-state index in [1.165, 1.54) is 4.90 Å². The first-order valence-electron chi connectivity index (χ1n) is 11.6. The van der Waals surface area contributed by atoms with E-state index in [4.69, 9.17) is 4.74 Å². The van der Waals surface area contributed by atoms with Crippen molar-refractivity contribution in [3.8, 4) is 0 Å². The summed E-state index contributed by atoms with van der Waals surface area (Å²) in [6.45, 7) is 14.4. The minimum absolute atomic E-state index is 0.122. The van der Waals surface area contributed by atoms with E-state index in [0.717, 1.165) is 17.5 Å². The van der Waals surface area contributed by atoms with Gasteiger partial charge in [0.25, 0.3) is 0 Å². The largest absolute Gasteiger partial charge is 0.444 e. The minimum Gasteiger partial charge on any atom is -0.444 e. The van der Waals surface area contributed by atoms with Gasteiger partial charge in [0, 0.05) is 12.6 Å². The van der Waals surface area contributed by atoms with E-state index in [1.807, 2.05) is 52.8 Å². The molecule has 3 amide bonds. The molecule has 0 aromatic heterocycles. The van der Waals surface area contributed by atoms with Crippen molar-refractivity contribution < 1.29 is 24.2 Å². The number of aliphatic hydroxyl groups excluding tert-OH is 1. The van der Waals surface area contributed by atoms with E-state index in [1.54, 1.807) is 20.8 Å². The van der Waals surface area contributed by atoms with Gasteiger partial charge in [0.2, 0.25) is 11.8 Å². The molecule has 0 bridgehead atoms. The maximum Gasteiger partial charge on any atom is 0.408 e. The molecule has 0 spiro atoms. The second-order valence-electron chi connectivity index (χ2n) is 9.68. The number of hydrogen-bond donors (Lipinski definition) is 3. The summed E-state index contributed by atoms with van der Waals surface area (Å²) in [5.74, 6) is -0.856. The average molecular weight is 464 g/mol. The number of ether oxygens (including phenoxy) is 1. The van der Waals surface area contributed by atoms with Gasteiger partial charge in [-0.3, -0.25) is 9.59 Å². The lowest BCUT2D eigenvalue weighted by molar-refractivity contribution is -0.143. The molecule has 0 saturated heterocycles. The normalized spacial score (nSPS) is 13.3. The van der Waals surface area contributed by atoms with E-state index in [-0.39, 0.29) is 11.9 Å². The van der Waals surface area contributed by atoms with Crippen molar-refractivity contribution in [1.29, 1.82) is 0 Å². The standard InChI is InChI=1S/C25H41N3O5/c1-9-10-13-28(23(31)20(15-29)27-24(32)33-25(6,7)8)21(22(30)26-16(2)3)19-12-11-17(4)18(5)14-19/h11-12,14,16,20-21,29H,9-10,13,15H2,1-8H3,(H,26,30)(H,27,32). The number of aryl methyl sites for hydroxylation is 2. The number of hydrogen-bond acceptors (Lipinski definition) is 5. The van der Waals surface area contributed by atoms with Gasteiger partial charge in [-0.1, -0.05) is 31.5 Å². The van der Waals surface area contributed by atoms with Crippen LogP contribution in [0.5, 0.6) is 0 Å². The summed E-state index contributed by atoms with van der Waals surface area (Å²) in [6.07, 6.45) is 0.658. The van der Waals surface area contributed by atoms with Gasteiger partial charge in [-0.25, -0.2) is 4.79 Å². The van der Waals surface area contributed by atoms with Gasteiger partial charge in [-0.05, 0) is 71.6 Å². The molecule has 0 aliphatic rings. The van der Waals surface area contributed by atoms with Crippen LogP contribution in [0.4, 0.5) is 4.79 Å². The van der Waals surface area contributed by atoms with Crippen molar-refractivity contribution in [3.63, 3.8) is 0 Å². The molecule has 33 heavy (non-hydrogen) atoms. The van der Waals surface area contributed by atoms with Crippen LogP contribution in [-0.4, -0.2) is 58.8 Å². The van der Waals surface area contributed by atoms with Crippen molar-refractivity contribution in [1.82, 2.24) is 15.5 Å². The molecule has 0 aliphatic carbocycles. The zero-order valence-electron chi connectivity index (χ0n) is 21.3. The lowest BCUT2D eigenvalue weighted by Gasteiger charge is -2.34. The van der Waals surface area contributed by atoms with Crippen molar-refractivity contribution in [2.24, 2.45) is 0 Å². The maximum absolute atomic E-state index is 13.6. The number of nitrogens with zero attached hydrogens (tertiary/aromatic N) is 1. The molecule has 3 N–H and O–H groups in total. The number of alkyl carbamates (subject to hydrolysis) is 1. The zero-order valence-corrected chi connectivity index (χ0v) is 21.3. The van der Waals surface area contributed by atoms with Gasteiger partial charge >= 0.3 is 6.09 Å². The highest BCUT2D eigenvalue weighted by atomic mass is 16.6. The molecule has 0 fully saturated rings. The van der Waals surface area contributed by atoms with Gasteiger partial charge in [0.1, 0.15) is 17.7 Å². The van der Waals surface area contributed by atoms with Crippen molar-refractivity contribution in [3.05, 3.63) is 34.9 Å². The smallest absolute Gasteiger partial charge is 0.408 e. The molecule has 186 valence electrons. The molecule has 2 unspecified atom stereocenters. The monoisotopic (exact) mass is 463 g/mol. The van der Waals surface area contributed by atoms with Crippen LogP contribution in [0, 0.1) is 13.8 Å². The summed E-state index contributed by atoms with van der Waals surface area (Å²) in [6, 6.07) is 3.40. The summed E-state index contributed by atoms with van der Waals surface area (Å²) in [5, 5.41) is 15.3. The number of unbranched alkanes of at least 4 members (excludes halogenated alkanes) is 1. The molecular formula is C25H41N3O5. The van der Waals surface area contributed by atoms with Gasteiger partial charge in [-0.2, -0.15) is 0 Å². The maximum atomic E-state index is 13.6. The van der Waals surface area contributed by atoms with Crippen LogP contribution in [0.1, 0.15) is 77.1 Å². The molecule has 0 saturated carbocycles. The SMILES string of the molecule is CCCCN(C(=O)C(CO)NC(=O)OC(C)(C)C)C(C(=O)NC(C)C)c1ccc(C)c(C)c1. The number of carbonyl (C=O) groups is 3. The lowest BCUT2D eigenvalue weighted by Crippen LogP contribution is -2.55. The van der Waals surface area contributed by atoms with Crippen molar-refractivity contribution in [2.75, 3.05) is 13.2 Å². The molecule has 1 aromatic carbocycles. The zero-order chi connectivity index (χ0) is 25.3. The highest BCUT2D eigenvalue weighted by Gasteiger charge is 2.36. The molecule has 0 heterocycles. The van der Waals surface area contributed by atoms with Gasteiger partial charge in [-0.15, -0.1) is 0 Å².